The summed E-state index contributed by atoms with van der Waals surface area (Å²) in [6.07, 6.45) is -10.4. The van der Waals surface area contributed by atoms with Crippen molar-refractivity contribution in [1.82, 2.24) is 4.90 Å². The molecule has 3 fully saturated rings. The second kappa shape index (κ2) is 16.8. The number of aliphatic hydroxyl groups is 5. The van der Waals surface area contributed by atoms with Crippen molar-refractivity contribution in [3.05, 3.63) is 0 Å². The predicted octanol–water partition coefficient (Wildman–Crippen LogP) is 1.54. The number of rotatable bonds is 6. The van der Waals surface area contributed by atoms with E-state index in [1.165, 1.54) is 14.0 Å². The smallest absolute Gasteiger partial charge is 0.311 e. The lowest BCUT2D eigenvalue weighted by molar-refractivity contribution is -0.311. The topological polar surface area (TPSA) is 194 Å². The van der Waals surface area contributed by atoms with E-state index in [-0.39, 0.29) is 31.6 Å². The van der Waals surface area contributed by atoms with E-state index in [2.05, 4.69) is 0 Å². The van der Waals surface area contributed by atoms with Crippen LogP contribution >= 0.6 is 0 Å². The number of cyclic esters (lactones) is 1. The highest BCUT2D eigenvalue weighted by Crippen LogP contribution is 2.39. The van der Waals surface area contributed by atoms with Gasteiger partial charge in [-0.25, -0.2) is 0 Å². The first-order valence-corrected chi connectivity index (χ1v) is 18.1. The van der Waals surface area contributed by atoms with Gasteiger partial charge < -0.3 is 58.9 Å². The maximum absolute atomic E-state index is 14.1. The zero-order valence-electron chi connectivity index (χ0n) is 32.1. The largest absolute Gasteiger partial charge is 0.459 e. The Kier molecular flexibility index (Phi) is 14.5. The number of aliphatic hydroxyl groups excluding tert-OH is 3. The van der Waals surface area contributed by atoms with Crippen LogP contribution in [-0.2, 0) is 38.0 Å². The van der Waals surface area contributed by atoms with Crippen LogP contribution in [0.4, 0.5) is 0 Å². The number of Topliss-reactive ketones (excluding diaryl/α,β-unsaturated/α-hetero) is 1. The molecule has 3 aliphatic rings. The van der Waals surface area contributed by atoms with E-state index in [1.807, 2.05) is 11.8 Å². The van der Waals surface area contributed by atoms with Crippen molar-refractivity contribution in [3.8, 4) is 0 Å². The maximum Gasteiger partial charge on any atom is 0.311 e. The van der Waals surface area contributed by atoms with E-state index in [9.17, 15) is 35.1 Å². The normalized spacial score (nSPS) is 49.5. The summed E-state index contributed by atoms with van der Waals surface area (Å²) in [5, 5.41) is 57.1. The Morgan fingerprint density at radius 2 is 1.54 bits per heavy atom. The van der Waals surface area contributed by atoms with Crippen LogP contribution in [0.2, 0.25) is 0 Å². The molecule has 14 heteroatoms. The van der Waals surface area contributed by atoms with E-state index >= 15 is 0 Å². The molecule has 0 saturated carbocycles. The van der Waals surface area contributed by atoms with Gasteiger partial charge in [-0.05, 0) is 74.3 Å². The second-order valence-corrected chi connectivity index (χ2v) is 16.0. The van der Waals surface area contributed by atoms with Crippen LogP contribution in [-0.4, -0.2) is 147 Å². The van der Waals surface area contributed by atoms with Gasteiger partial charge in [0.1, 0.15) is 23.9 Å². The SMILES string of the molecule is CC[C@H]1OC(=O)[C@H](C)[C@@H](O[C@H]2C[C@](C)(OC)[C@@H](O)C(C)O2)[C@H](C)[C@@H](O[C@@H]2OC(C)CC(=O)[C@@H]2O)[C@](C)(O)C[C@@H](C)CN(C)[C@H](C)[C@@H](O)[C@]1(C)O. The Balaban J connectivity index is 2.16. The molecule has 0 bridgehead atoms. The minimum absolute atomic E-state index is 0.00332. The molecule has 3 rings (SSSR count). The maximum atomic E-state index is 14.1. The first-order valence-electron chi connectivity index (χ1n) is 18.1. The van der Waals surface area contributed by atoms with Gasteiger partial charge in [-0.15, -0.1) is 0 Å². The molecule has 0 aromatic rings. The van der Waals surface area contributed by atoms with Crippen LogP contribution in [0.15, 0.2) is 0 Å². The Hall–Kier alpha value is -1.30. The molecule has 292 valence electrons. The summed E-state index contributed by atoms with van der Waals surface area (Å²) in [5.41, 5.74) is -4.52. The Labute approximate surface area is 297 Å². The fourth-order valence-corrected chi connectivity index (χ4v) is 8.10. The first-order chi connectivity index (χ1) is 23.0. The molecule has 3 heterocycles. The van der Waals surface area contributed by atoms with Gasteiger partial charge in [0.15, 0.2) is 24.5 Å². The third-order valence-corrected chi connectivity index (χ3v) is 11.4. The van der Waals surface area contributed by atoms with Crippen LogP contribution in [0.5, 0.6) is 0 Å². The number of hydrogen-bond acceptors (Lipinski definition) is 14. The van der Waals surface area contributed by atoms with Crippen LogP contribution in [0.25, 0.3) is 0 Å². The third-order valence-electron chi connectivity index (χ3n) is 11.4. The van der Waals surface area contributed by atoms with Gasteiger partial charge >= 0.3 is 5.97 Å². The number of nitrogens with zero attached hydrogens (tertiary/aromatic N) is 1. The lowest BCUT2D eigenvalue weighted by Gasteiger charge is -2.48. The van der Waals surface area contributed by atoms with Gasteiger partial charge in [-0.3, -0.25) is 9.59 Å². The molecule has 0 radical (unpaired) electrons. The number of ether oxygens (including phenoxy) is 6. The summed E-state index contributed by atoms with van der Waals surface area (Å²) in [6.45, 7) is 17.3. The second-order valence-electron chi connectivity index (χ2n) is 16.0. The predicted molar refractivity (Wildman–Crippen MR) is 182 cm³/mol. The molecule has 0 aliphatic carbocycles. The van der Waals surface area contributed by atoms with Gasteiger partial charge in [0.2, 0.25) is 0 Å². The monoisotopic (exact) mass is 719 g/mol. The number of ketones is 1. The van der Waals surface area contributed by atoms with E-state index in [4.69, 9.17) is 28.4 Å². The Morgan fingerprint density at radius 3 is 2.12 bits per heavy atom. The molecular formula is C36H65NO13. The van der Waals surface area contributed by atoms with Crippen molar-refractivity contribution in [1.29, 1.82) is 0 Å². The van der Waals surface area contributed by atoms with Crippen LogP contribution in [0.3, 0.4) is 0 Å². The molecule has 0 aromatic heterocycles. The molecule has 3 aliphatic heterocycles. The standard InChI is InChI=1S/C36H65NO13/c1-13-25-36(10,44)29(40)22(6)37(11)17-18(2)15-34(8,43)31(50-33-27(39)24(38)14-19(3)46-33)20(4)28(21(5)32(42)48-25)49-26-16-35(9,45-12)30(41)23(7)47-26/h18-23,25-31,33,39-41,43-44H,13-17H2,1-12H3/t18-,19?,20+,21-,22-,23?,25-,26+,27+,28+,29-,30+,31-,33+,34-,35+,36-/m1/s1. The Morgan fingerprint density at radius 1 is 0.920 bits per heavy atom. The summed E-state index contributed by atoms with van der Waals surface area (Å²) < 4.78 is 36.6. The molecule has 5 N–H and O–H groups in total. The van der Waals surface area contributed by atoms with Crippen LogP contribution < -0.4 is 0 Å². The van der Waals surface area contributed by atoms with Crippen molar-refractivity contribution in [2.45, 2.75) is 179 Å². The number of likely N-dealkylation sites (N-methyl/N-ethyl adjacent to an activating group) is 1. The van der Waals surface area contributed by atoms with Gasteiger partial charge in [0.05, 0.1) is 41.5 Å². The molecule has 0 aromatic carbocycles. The van der Waals surface area contributed by atoms with E-state index in [0.29, 0.717) is 6.54 Å². The highest BCUT2D eigenvalue weighted by Gasteiger charge is 2.52. The average molecular weight is 720 g/mol. The van der Waals surface area contributed by atoms with E-state index in [1.54, 1.807) is 62.4 Å². The lowest BCUT2D eigenvalue weighted by atomic mass is 9.77. The fraction of sp³-hybridized carbons (Fsp3) is 0.944. The van der Waals surface area contributed by atoms with Crippen molar-refractivity contribution < 1.29 is 63.5 Å². The summed E-state index contributed by atoms with van der Waals surface area (Å²) in [5.74, 6) is -3.28. The van der Waals surface area contributed by atoms with E-state index in [0.717, 1.165) is 0 Å². The van der Waals surface area contributed by atoms with Crippen LogP contribution in [0, 0.1) is 17.8 Å². The molecular weight excluding hydrogens is 654 g/mol. The number of carbonyl (C=O) groups excluding carboxylic acids is 2. The molecule has 14 nitrogen and oxygen atoms in total. The number of carbonyl (C=O) groups is 2. The van der Waals surface area contributed by atoms with Gasteiger partial charge in [-0.1, -0.05) is 20.8 Å². The molecule has 17 atom stereocenters. The molecule has 2 unspecified atom stereocenters. The Bertz CT molecular complexity index is 1140. The quantitative estimate of drug-likeness (QED) is 0.248. The number of esters is 1. The highest BCUT2D eigenvalue weighted by molar-refractivity contribution is 5.84. The summed E-state index contributed by atoms with van der Waals surface area (Å²) in [6, 6.07) is -0.566. The average Bonchev–Trinajstić information content (AvgIpc) is 3.03. The minimum Gasteiger partial charge on any atom is -0.459 e. The molecule has 3 saturated heterocycles. The number of hydrogen-bond donors (Lipinski definition) is 5. The van der Waals surface area contributed by atoms with Crippen molar-refractivity contribution in [3.63, 3.8) is 0 Å². The zero-order chi connectivity index (χ0) is 38.1. The fourth-order valence-electron chi connectivity index (χ4n) is 8.10. The summed E-state index contributed by atoms with van der Waals surface area (Å²) in [7, 11) is 3.28. The summed E-state index contributed by atoms with van der Waals surface area (Å²) >= 11 is 0. The van der Waals surface area contributed by atoms with Gasteiger partial charge in [0, 0.05) is 38.5 Å². The molecule has 0 spiro atoms. The van der Waals surface area contributed by atoms with Crippen molar-refractivity contribution in [2.24, 2.45) is 17.8 Å². The lowest BCUT2D eigenvalue weighted by Crippen LogP contribution is -2.59. The minimum atomic E-state index is -1.82. The van der Waals surface area contributed by atoms with Crippen LogP contribution in [0.1, 0.15) is 94.9 Å². The highest BCUT2D eigenvalue weighted by atomic mass is 16.7. The van der Waals surface area contributed by atoms with Gasteiger partial charge in [-0.2, -0.15) is 0 Å². The summed E-state index contributed by atoms with van der Waals surface area (Å²) in [4.78, 5) is 28.6. The molecule has 50 heavy (non-hydrogen) atoms. The first kappa shape index (κ1) is 43.1. The third kappa shape index (κ3) is 9.43. The van der Waals surface area contributed by atoms with Gasteiger partial charge in [0.25, 0.3) is 0 Å². The van der Waals surface area contributed by atoms with Crippen molar-refractivity contribution in [2.75, 3.05) is 20.7 Å². The van der Waals surface area contributed by atoms with Crippen molar-refractivity contribution >= 4 is 11.8 Å². The molecule has 0 amide bonds. The number of methoxy groups -OCH3 is 1. The van der Waals surface area contributed by atoms with E-state index < -0.39 is 108 Å². The zero-order valence-corrected chi connectivity index (χ0v) is 32.1.